The summed E-state index contributed by atoms with van der Waals surface area (Å²) in [5.74, 6) is 0.783. The van der Waals surface area contributed by atoms with Crippen molar-refractivity contribution >= 4 is 5.91 Å². The maximum Gasteiger partial charge on any atom is 0.271 e. The molecule has 0 bridgehead atoms. The number of benzene rings is 1. The van der Waals surface area contributed by atoms with E-state index in [1.165, 1.54) is 12.8 Å². The fraction of sp³-hybridized carbons (Fsp3) is 0.368. The molecule has 1 saturated carbocycles. The third kappa shape index (κ3) is 2.82. The van der Waals surface area contributed by atoms with Gasteiger partial charge in [-0.2, -0.15) is 5.10 Å². The Morgan fingerprint density at radius 3 is 2.54 bits per heavy atom. The van der Waals surface area contributed by atoms with Gasteiger partial charge in [0.1, 0.15) is 11.4 Å². The van der Waals surface area contributed by atoms with Crippen LogP contribution in [0.2, 0.25) is 0 Å². The molecule has 1 aliphatic carbocycles. The van der Waals surface area contributed by atoms with E-state index in [0.717, 1.165) is 42.9 Å². The SMILES string of the molecule is COc1ccccc1-c1cc(C(=O)N2CCC(=C3CC3)CC2)[nH]n1. The van der Waals surface area contributed by atoms with E-state index < -0.39 is 0 Å². The zero-order chi connectivity index (χ0) is 16.5. The van der Waals surface area contributed by atoms with Gasteiger partial charge in [0.15, 0.2) is 0 Å². The van der Waals surface area contributed by atoms with Gasteiger partial charge in [0.05, 0.1) is 12.8 Å². The molecule has 2 fully saturated rings. The molecule has 2 aliphatic rings. The number of amides is 1. The van der Waals surface area contributed by atoms with Crippen LogP contribution in [0.15, 0.2) is 41.5 Å². The predicted molar refractivity (Wildman–Crippen MR) is 92.0 cm³/mol. The molecule has 5 nitrogen and oxygen atoms in total. The van der Waals surface area contributed by atoms with Crippen LogP contribution in [0.25, 0.3) is 11.3 Å². The number of aromatic amines is 1. The molecule has 1 saturated heterocycles. The van der Waals surface area contributed by atoms with Gasteiger partial charge in [-0.15, -0.1) is 0 Å². The number of nitrogens with one attached hydrogen (secondary N) is 1. The number of allylic oxidation sites excluding steroid dienone is 1. The minimum absolute atomic E-state index is 0.0310. The maximum absolute atomic E-state index is 12.7. The number of nitrogens with zero attached hydrogens (tertiary/aromatic N) is 2. The second-order valence-corrected chi connectivity index (χ2v) is 6.37. The van der Waals surface area contributed by atoms with Crippen LogP contribution in [0, 0.1) is 0 Å². The van der Waals surface area contributed by atoms with E-state index in [4.69, 9.17) is 4.74 Å². The summed E-state index contributed by atoms with van der Waals surface area (Å²) in [6.45, 7) is 1.61. The highest BCUT2D eigenvalue weighted by Gasteiger charge is 2.26. The predicted octanol–water partition coefficient (Wildman–Crippen LogP) is 3.41. The number of hydrogen-bond acceptors (Lipinski definition) is 3. The first-order chi connectivity index (χ1) is 11.8. The summed E-state index contributed by atoms with van der Waals surface area (Å²) < 4.78 is 5.37. The standard InChI is InChI=1S/C19H21N3O2/c1-24-18-5-3-2-4-15(18)16-12-17(21-20-16)19(23)22-10-8-14(9-11-22)13-6-7-13/h2-5,12H,6-11H2,1H3,(H,20,21). The van der Waals surface area contributed by atoms with Gasteiger partial charge in [-0.25, -0.2) is 0 Å². The Kier molecular flexibility index (Phi) is 3.84. The van der Waals surface area contributed by atoms with Gasteiger partial charge in [-0.05, 0) is 43.9 Å². The van der Waals surface area contributed by atoms with Crippen LogP contribution in [0.3, 0.4) is 0 Å². The average molecular weight is 323 g/mol. The molecule has 0 unspecified atom stereocenters. The first kappa shape index (κ1) is 15.0. The molecule has 1 aromatic heterocycles. The van der Waals surface area contributed by atoms with E-state index >= 15 is 0 Å². The second-order valence-electron chi connectivity index (χ2n) is 6.37. The smallest absolute Gasteiger partial charge is 0.271 e. The van der Waals surface area contributed by atoms with Crippen molar-refractivity contribution in [2.45, 2.75) is 25.7 Å². The summed E-state index contributed by atoms with van der Waals surface area (Å²) in [5.41, 5.74) is 5.36. The average Bonchev–Trinajstić information content (AvgIpc) is 3.38. The number of aromatic nitrogens is 2. The highest BCUT2D eigenvalue weighted by atomic mass is 16.5. The molecule has 1 aliphatic heterocycles. The zero-order valence-electron chi connectivity index (χ0n) is 13.8. The molecule has 2 heterocycles. The van der Waals surface area contributed by atoms with Gasteiger partial charge >= 0.3 is 0 Å². The van der Waals surface area contributed by atoms with Crippen molar-refractivity contribution in [3.8, 4) is 17.0 Å². The lowest BCUT2D eigenvalue weighted by Crippen LogP contribution is -2.36. The molecule has 2 aromatic rings. The fourth-order valence-corrected chi connectivity index (χ4v) is 3.35. The molecule has 24 heavy (non-hydrogen) atoms. The van der Waals surface area contributed by atoms with Crippen LogP contribution in [-0.2, 0) is 0 Å². The number of carbonyl (C=O) groups is 1. The van der Waals surface area contributed by atoms with Crippen LogP contribution in [-0.4, -0.2) is 41.2 Å². The van der Waals surface area contributed by atoms with Crippen LogP contribution >= 0.6 is 0 Å². The molecule has 0 radical (unpaired) electrons. The maximum atomic E-state index is 12.7. The lowest BCUT2D eigenvalue weighted by atomic mass is 10.0. The van der Waals surface area contributed by atoms with Gasteiger partial charge in [0, 0.05) is 18.7 Å². The molecule has 1 amide bonds. The molecule has 1 N–H and O–H groups in total. The fourth-order valence-electron chi connectivity index (χ4n) is 3.35. The van der Waals surface area contributed by atoms with Crippen molar-refractivity contribution < 1.29 is 9.53 Å². The summed E-state index contributed by atoms with van der Waals surface area (Å²) in [7, 11) is 1.64. The van der Waals surface area contributed by atoms with Crippen LogP contribution < -0.4 is 4.74 Å². The number of H-pyrrole nitrogens is 1. The highest BCUT2D eigenvalue weighted by molar-refractivity contribution is 5.93. The number of carbonyl (C=O) groups excluding carboxylic acids is 1. The molecular weight excluding hydrogens is 302 g/mol. The lowest BCUT2D eigenvalue weighted by molar-refractivity contribution is 0.0737. The number of rotatable bonds is 3. The van der Waals surface area contributed by atoms with Crippen molar-refractivity contribution in [2.24, 2.45) is 0 Å². The summed E-state index contributed by atoms with van der Waals surface area (Å²) in [5, 5.41) is 7.19. The third-order valence-electron chi connectivity index (χ3n) is 4.85. The molecule has 0 spiro atoms. The number of piperidine rings is 1. The van der Waals surface area contributed by atoms with Crippen molar-refractivity contribution in [1.82, 2.24) is 15.1 Å². The lowest BCUT2D eigenvalue weighted by Gasteiger charge is -2.28. The molecular formula is C19H21N3O2. The van der Waals surface area contributed by atoms with Crippen molar-refractivity contribution in [3.63, 3.8) is 0 Å². The van der Waals surface area contributed by atoms with Crippen molar-refractivity contribution in [2.75, 3.05) is 20.2 Å². The van der Waals surface area contributed by atoms with Crippen LogP contribution in [0.1, 0.15) is 36.2 Å². The summed E-state index contributed by atoms with van der Waals surface area (Å²) in [6.07, 6.45) is 4.58. The minimum atomic E-state index is 0.0310. The monoisotopic (exact) mass is 323 g/mol. The first-order valence-corrected chi connectivity index (χ1v) is 8.44. The Labute approximate surface area is 141 Å². The summed E-state index contributed by atoms with van der Waals surface area (Å²) >= 11 is 0. The molecule has 4 rings (SSSR count). The summed E-state index contributed by atoms with van der Waals surface area (Å²) in [6, 6.07) is 9.50. The van der Waals surface area contributed by atoms with Crippen molar-refractivity contribution in [3.05, 3.63) is 47.2 Å². The van der Waals surface area contributed by atoms with Crippen molar-refractivity contribution in [1.29, 1.82) is 0 Å². The van der Waals surface area contributed by atoms with Gasteiger partial charge < -0.3 is 9.64 Å². The quantitative estimate of drug-likeness (QED) is 0.881. The number of para-hydroxylation sites is 1. The number of ether oxygens (including phenoxy) is 1. The van der Waals surface area contributed by atoms with Crippen LogP contribution in [0.5, 0.6) is 5.75 Å². The molecule has 1 aromatic carbocycles. The van der Waals surface area contributed by atoms with Crippen LogP contribution in [0.4, 0.5) is 0 Å². The normalized spacial score (nSPS) is 17.1. The Hall–Kier alpha value is -2.56. The molecule has 124 valence electrons. The summed E-state index contributed by atoms with van der Waals surface area (Å²) in [4.78, 5) is 14.6. The third-order valence-corrected chi connectivity index (χ3v) is 4.85. The molecule has 0 atom stereocenters. The minimum Gasteiger partial charge on any atom is -0.496 e. The number of methoxy groups -OCH3 is 1. The Balaban J connectivity index is 1.50. The number of likely N-dealkylation sites (tertiary alicyclic amines) is 1. The van der Waals surface area contributed by atoms with Gasteiger partial charge in [-0.1, -0.05) is 23.3 Å². The molecule has 5 heteroatoms. The van der Waals surface area contributed by atoms with E-state index in [9.17, 15) is 4.79 Å². The zero-order valence-corrected chi connectivity index (χ0v) is 13.8. The first-order valence-electron chi connectivity index (χ1n) is 8.44. The van der Waals surface area contributed by atoms with Gasteiger partial charge in [-0.3, -0.25) is 9.89 Å². The number of hydrogen-bond donors (Lipinski definition) is 1. The Bertz CT molecular complexity index is 790. The van der Waals surface area contributed by atoms with Gasteiger partial charge in [0.2, 0.25) is 0 Å². The Morgan fingerprint density at radius 2 is 1.83 bits per heavy atom. The van der Waals surface area contributed by atoms with E-state index in [2.05, 4.69) is 10.2 Å². The highest BCUT2D eigenvalue weighted by Crippen LogP contribution is 2.36. The van der Waals surface area contributed by atoms with E-state index in [-0.39, 0.29) is 5.91 Å². The van der Waals surface area contributed by atoms with Gasteiger partial charge in [0.25, 0.3) is 5.91 Å². The second kappa shape index (κ2) is 6.15. The van der Waals surface area contributed by atoms with E-state index in [0.29, 0.717) is 5.69 Å². The topological polar surface area (TPSA) is 58.2 Å². The Morgan fingerprint density at radius 1 is 1.12 bits per heavy atom. The van der Waals surface area contributed by atoms with E-state index in [1.54, 1.807) is 18.3 Å². The largest absolute Gasteiger partial charge is 0.496 e. The van der Waals surface area contributed by atoms with E-state index in [1.807, 2.05) is 35.2 Å².